The van der Waals surface area contributed by atoms with Crippen molar-refractivity contribution in [1.29, 1.82) is 0 Å². The van der Waals surface area contributed by atoms with Crippen molar-refractivity contribution in [2.75, 3.05) is 34.2 Å². The first-order valence-electron chi connectivity index (χ1n) is 4.93. The molecule has 0 spiro atoms. The molecule has 0 aliphatic rings. The van der Waals surface area contributed by atoms with Crippen molar-refractivity contribution in [2.24, 2.45) is 4.99 Å². The Kier molecular flexibility index (Phi) is 3.84. The lowest BCUT2D eigenvalue weighted by molar-refractivity contribution is -0.868. The molecule has 0 N–H and O–H groups in total. The van der Waals surface area contributed by atoms with E-state index >= 15 is 0 Å². The quantitative estimate of drug-likeness (QED) is 0.508. The minimum atomic E-state index is 0.887. The van der Waals surface area contributed by atoms with Gasteiger partial charge in [0, 0.05) is 6.21 Å². The van der Waals surface area contributed by atoms with Gasteiger partial charge in [-0.15, -0.1) is 0 Å². The number of rotatable bonds is 4. The van der Waals surface area contributed by atoms with E-state index < -0.39 is 0 Å². The molecule has 14 heavy (non-hydrogen) atoms. The van der Waals surface area contributed by atoms with Crippen molar-refractivity contribution in [3.8, 4) is 0 Å². The molecule has 0 aliphatic heterocycles. The van der Waals surface area contributed by atoms with Crippen LogP contribution in [-0.2, 0) is 0 Å². The summed E-state index contributed by atoms with van der Waals surface area (Å²) in [5.74, 6) is 0. The van der Waals surface area contributed by atoms with Gasteiger partial charge in [-0.25, -0.2) is 0 Å². The normalized spacial score (nSPS) is 12.2. The summed E-state index contributed by atoms with van der Waals surface area (Å²) in [6.45, 7) is 1.96. The lowest BCUT2D eigenvalue weighted by Gasteiger charge is -2.22. The second kappa shape index (κ2) is 4.91. The van der Waals surface area contributed by atoms with E-state index in [1.54, 1.807) is 0 Å². The lowest BCUT2D eigenvalue weighted by Crippen LogP contribution is -2.36. The number of aliphatic imine (C=N–C) groups is 1. The number of quaternary nitrogens is 1. The zero-order valence-corrected chi connectivity index (χ0v) is 9.27. The Morgan fingerprint density at radius 1 is 1.14 bits per heavy atom. The van der Waals surface area contributed by atoms with Gasteiger partial charge in [0.15, 0.2) is 0 Å². The van der Waals surface area contributed by atoms with Crippen LogP contribution in [0.1, 0.15) is 5.56 Å². The van der Waals surface area contributed by atoms with Gasteiger partial charge in [-0.3, -0.25) is 4.99 Å². The molecule has 0 heterocycles. The highest BCUT2D eigenvalue weighted by atomic mass is 15.3. The second-order valence-corrected chi connectivity index (χ2v) is 4.46. The Bertz CT molecular complexity index is 283. The SMILES string of the molecule is C[N+](C)(C)CCN=Cc1ccccc1. The summed E-state index contributed by atoms with van der Waals surface area (Å²) in [5, 5.41) is 0. The Hall–Kier alpha value is -1.15. The molecule has 0 saturated carbocycles. The van der Waals surface area contributed by atoms with E-state index in [0.29, 0.717) is 0 Å². The maximum absolute atomic E-state index is 4.39. The average molecular weight is 191 g/mol. The molecule has 2 heteroatoms. The van der Waals surface area contributed by atoms with Crippen LogP contribution in [0.3, 0.4) is 0 Å². The summed E-state index contributed by atoms with van der Waals surface area (Å²) < 4.78 is 0.964. The van der Waals surface area contributed by atoms with Crippen LogP contribution in [0.5, 0.6) is 0 Å². The van der Waals surface area contributed by atoms with Gasteiger partial charge < -0.3 is 4.48 Å². The Morgan fingerprint density at radius 2 is 1.79 bits per heavy atom. The van der Waals surface area contributed by atoms with E-state index in [1.807, 2.05) is 24.4 Å². The predicted molar refractivity (Wildman–Crippen MR) is 61.8 cm³/mol. The van der Waals surface area contributed by atoms with Gasteiger partial charge in [0.1, 0.15) is 0 Å². The molecule has 1 rings (SSSR count). The van der Waals surface area contributed by atoms with E-state index in [2.05, 4.69) is 38.3 Å². The van der Waals surface area contributed by atoms with Crippen molar-refractivity contribution in [2.45, 2.75) is 0 Å². The molecule has 2 nitrogen and oxygen atoms in total. The van der Waals surface area contributed by atoms with E-state index in [-0.39, 0.29) is 0 Å². The van der Waals surface area contributed by atoms with Crippen molar-refractivity contribution in [1.82, 2.24) is 0 Å². The average Bonchev–Trinajstić information content (AvgIpc) is 2.13. The number of benzene rings is 1. The summed E-state index contributed by atoms with van der Waals surface area (Å²) in [4.78, 5) is 4.39. The summed E-state index contributed by atoms with van der Waals surface area (Å²) in [7, 11) is 6.54. The first kappa shape index (κ1) is 10.9. The van der Waals surface area contributed by atoms with E-state index in [1.165, 1.54) is 5.56 Å². The molecule has 0 amide bonds. The molecule has 0 aliphatic carbocycles. The fraction of sp³-hybridized carbons (Fsp3) is 0.417. The maximum atomic E-state index is 4.39. The molecule has 0 saturated heterocycles. The summed E-state index contributed by atoms with van der Waals surface area (Å²) >= 11 is 0. The molecule has 1 aromatic carbocycles. The van der Waals surface area contributed by atoms with Crippen LogP contribution in [0.15, 0.2) is 35.3 Å². The van der Waals surface area contributed by atoms with Crippen molar-refractivity contribution in [3.63, 3.8) is 0 Å². The standard InChI is InChI=1S/C12H19N2/c1-14(2,3)10-9-13-11-12-7-5-4-6-8-12/h4-8,11H,9-10H2,1-3H3/q+1. The molecule has 0 unspecified atom stereocenters. The monoisotopic (exact) mass is 191 g/mol. The van der Waals surface area contributed by atoms with Crippen molar-refractivity contribution in [3.05, 3.63) is 35.9 Å². The van der Waals surface area contributed by atoms with Gasteiger partial charge in [0.05, 0.1) is 34.2 Å². The molecular formula is C12H19N2+. The predicted octanol–water partition coefficient (Wildman–Crippen LogP) is 1.81. The highest BCUT2D eigenvalue weighted by Gasteiger charge is 2.03. The zero-order chi connectivity index (χ0) is 10.4. The summed E-state index contributed by atoms with van der Waals surface area (Å²) in [5.41, 5.74) is 1.17. The minimum Gasteiger partial charge on any atom is -0.329 e. The Balaban J connectivity index is 2.35. The van der Waals surface area contributed by atoms with Crippen LogP contribution in [0.4, 0.5) is 0 Å². The van der Waals surface area contributed by atoms with Gasteiger partial charge in [-0.05, 0) is 5.56 Å². The number of hydrogen-bond donors (Lipinski definition) is 0. The number of hydrogen-bond acceptors (Lipinski definition) is 1. The largest absolute Gasteiger partial charge is 0.329 e. The third kappa shape index (κ3) is 4.77. The van der Waals surface area contributed by atoms with Gasteiger partial charge in [-0.2, -0.15) is 0 Å². The number of nitrogens with zero attached hydrogens (tertiary/aromatic N) is 2. The second-order valence-electron chi connectivity index (χ2n) is 4.46. The van der Waals surface area contributed by atoms with Crippen LogP contribution >= 0.6 is 0 Å². The van der Waals surface area contributed by atoms with E-state index in [4.69, 9.17) is 0 Å². The summed E-state index contributed by atoms with van der Waals surface area (Å²) in [6, 6.07) is 10.2. The molecule has 0 radical (unpaired) electrons. The molecule has 0 bridgehead atoms. The molecule has 0 atom stereocenters. The lowest BCUT2D eigenvalue weighted by atomic mass is 10.2. The van der Waals surface area contributed by atoms with Crippen LogP contribution in [0.25, 0.3) is 0 Å². The van der Waals surface area contributed by atoms with E-state index in [9.17, 15) is 0 Å². The van der Waals surface area contributed by atoms with Gasteiger partial charge >= 0.3 is 0 Å². The minimum absolute atomic E-state index is 0.887. The fourth-order valence-electron chi connectivity index (χ4n) is 1.07. The smallest absolute Gasteiger partial charge is 0.0979 e. The van der Waals surface area contributed by atoms with Crippen LogP contribution in [-0.4, -0.2) is 44.9 Å². The zero-order valence-electron chi connectivity index (χ0n) is 9.27. The van der Waals surface area contributed by atoms with Crippen molar-refractivity contribution >= 4 is 6.21 Å². The highest BCUT2D eigenvalue weighted by Crippen LogP contribution is 1.94. The van der Waals surface area contributed by atoms with Gasteiger partial charge in [0.2, 0.25) is 0 Å². The molecular weight excluding hydrogens is 172 g/mol. The maximum Gasteiger partial charge on any atom is 0.0979 e. The third-order valence-corrected chi connectivity index (χ3v) is 1.94. The molecule has 0 fully saturated rings. The Labute approximate surface area is 86.5 Å². The van der Waals surface area contributed by atoms with Gasteiger partial charge in [-0.1, -0.05) is 30.3 Å². The van der Waals surface area contributed by atoms with Gasteiger partial charge in [0.25, 0.3) is 0 Å². The van der Waals surface area contributed by atoms with Crippen LogP contribution in [0, 0.1) is 0 Å². The number of likely N-dealkylation sites (N-methyl/N-ethyl adjacent to an activating group) is 1. The molecule has 0 aromatic heterocycles. The topological polar surface area (TPSA) is 12.4 Å². The first-order valence-corrected chi connectivity index (χ1v) is 4.93. The third-order valence-electron chi connectivity index (χ3n) is 1.94. The first-order chi connectivity index (χ1) is 6.58. The highest BCUT2D eigenvalue weighted by molar-refractivity contribution is 5.79. The van der Waals surface area contributed by atoms with E-state index in [0.717, 1.165) is 17.6 Å². The van der Waals surface area contributed by atoms with Crippen LogP contribution in [0.2, 0.25) is 0 Å². The summed E-state index contributed by atoms with van der Waals surface area (Å²) in [6.07, 6.45) is 1.94. The van der Waals surface area contributed by atoms with Crippen LogP contribution < -0.4 is 0 Å². The molecule has 1 aromatic rings. The Morgan fingerprint density at radius 3 is 2.36 bits per heavy atom. The molecule has 76 valence electrons. The fourth-order valence-corrected chi connectivity index (χ4v) is 1.07. The van der Waals surface area contributed by atoms with Crippen molar-refractivity contribution < 1.29 is 4.48 Å².